The van der Waals surface area contributed by atoms with Crippen molar-refractivity contribution in [2.24, 2.45) is 5.73 Å². The van der Waals surface area contributed by atoms with E-state index in [9.17, 15) is 0 Å². The van der Waals surface area contributed by atoms with E-state index >= 15 is 0 Å². The lowest BCUT2D eigenvalue weighted by molar-refractivity contribution is 0.217. The van der Waals surface area contributed by atoms with Crippen LogP contribution in [0, 0.1) is 0 Å². The zero-order valence-corrected chi connectivity index (χ0v) is 13.0. The van der Waals surface area contributed by atoms with Gasteiger partial charge in [-0.2, -0.15) is 0 Å². The minimum Gasteiger partial charge on any atom is -0.490 e. The van der Waals surface area contributed by atoms with E-state index < -0.39 is 0 Å². The van der Waals surface area contributed by atoms with E-state index in [4.69, 9.17) is 38.4 Å². The van der Waals surface area contributed by atoms with Crippen LogP contribution in [0.5, 0.6) is 11.5 Å². The van der Waals surface area contributed by atoms with Crippen molar-refractivity contribution < 1.29 is 9.47 Å². The van der Waals surface area contributed by atoms with Gasteiger partial charge in [0.05, 0.1) is 0 Å². The second-order valence-electron chi connectivity index (χ2n) is 4.48. The molecule has 0 aliphatic rings. The Morgan fingerprint density at radius 2 is 1.38 bits per heavy atom. The topological polar surface area (TPSA) is 44.5 Å². The molecule has 0 heterocycles. The van der Waals surface area contributed by atoms with Crippen molar-refractivity contribution in [3.63, 3.8) is 0 Å². The predicted octanol–water partition coefficient (Wildman–Crippen LogP) is 3.95. The molecular formula is C16H17Cl2NO2. The molecule has 0 aromatic heterocycles. The van der Waals surface area contributed by atoms with Crippen molar-refractivity contribution in [3.8, 4) is 11.5 Å². The van der Waals surface area contributed by atoms with Crippen LogP contribution in [0.1, 0.15) is 5.56 Å². The summed E-state index contributed by atoms with van der Waals surface area (Å²) in [5.41, 5.74) is 6.71. The van der Waals surface area contributed by atoms with Gasteiger partial charge in [0.1, 0.15) is 24.7 Å². The van der Waals surface area contributed by atoms with Gasteiger partial charge in [0, 0.05) is 10.0 Å². The number of ether oxygens (including phenoxy) is 2. The first kappa shape index (κ1) is 16.0. The molecule has 0 radical (unpaired) electrons. The molecule has 0 atom stereocenters. The standard InChI is InChI=1S/C16H17Cl2NO2/c17-13-9-14(18)11-16(10-13)21-8-7-20-15-3-1-12(2-4-15)5-6-19/h1-4,9-11H,5-8,19H2. The summed E-state index contributed by atoms with van der Waals surface area (Å²) in [7, 11) is 0. The quantitative estimate of drug-likeness (QED) is 0.784. The Labute approximate surface area is 134 Å². The first-order valence-corrected chi connectivity index (χ1v) is 7.43. The normalized spacial score (nSPS) is 10.4. The first-order valence-electron chi connectivity index (χ1n) is 6.68. The van der Waals surface area contributed by atoms with E-state index in [2.05, 4.69) is 0 Å². The number of benzene rings is 2. The van der Waals surface area contributed by atoms with E-state index in [1.165, 1.54) is 5.56 Å². The molecule has 0 unspecified atom stereocenters. The molecule has 0 saturated heterocycles. The molecule has 0 amide bonds. The van der Waals surface area contributed by atoms with Crippen molar-refractivity contribution in [3.05, 3.63) is 58.1 Å². The zero-order valence-electron chi connectivity index (χ0n) is 11.5. The highest BCUT2D eigenvalue weighted by Gasteiger charge is 2.00. The Morgan fingerprint density at radius 1 is 0.810 bits per heavy atom. The van der Waals surface area contributed by atoms with Crippen LogP contribution >= 0.6 is 23.2 Å². The Kier molecular flexibility index (Phi) is 6.18. The summed E-state index contributed by atoms with van der Waals surface area (Å²) in [6, 6.07) is 13.0. The maximum absolute atomic E-state index is 5.89. The van der Waals surface area contributed by atoms with Gasteiger partial charge in [-0.15, -0.1) is 0 Å². The molecule has 2 aromatic rings. The van der Waals surface area contributed by atoms with Gasteiger partial charge < -0.3 is 15.2 Å². The molecule has 0 saturated carbocycles. The van der Waals surface area contributed by atoms with Crippen LogP contribution in [0.25, 0.3) is 0 Å². The maximum atomic E-state index is 5.89. The Balaban J connectivity index is 1.76. The summed E-state index contributed by atoms with van der Waals surface area (Å²) < 4.78 is 11.1. The average Bonchev–Trinajstić information content (AvgIpc) is 2.45. The molecule has 5 heteroatoms. The average molecular weight is 326 g/mol. The molecular weight excluding hydrogens is 309 g/mol. The fourth-order valence-corrected chi connectivity index (χ4v) is 2.36. The molecule has 0 fully saturated rings. The molecule has 2 aromatic carbocycles. The van der Waals surface area contributed by atoms with Gasteiger partial charge in [0.2, 0.25) is 0 Å². The monoisotopic (exact) mass is 325 g/mol. The molecule has 0 aliphatic carbocycles. The number of nitrogens with two attached hydrogens (primary N) is 1. The molecule has 2 rings (SSSR count). The summed E-state index contributed by atoms with van der Waals surface area (Å²) in [5.74, 6) is 1.44. The largest absolute Gasteiger partial charge is 0.490 e. The van der Waals surface area contributed by atoms with Gasteiger partial charge in [-0.25, -0.2) is 0 Å². The van der Waals surface area contributed by atoms with Gasteiger partial charge in [-0.05, 0) is 48.9 Å². The molecule has 21 heavy (non-hydrogen) atoms. The van der Waals surface area contributed by atoms with E-state index in [1.54, 1.807) is 18.2 Å². The van der Waals surface area contributed by atoms with Crippen LogP contribution in [0.3, 0.4) is 0 Å². The van der Waals surface area contributed by atoms with Crippen LogP contribution in [-0.2, 0) is 6.42 Å². The van der Waals surface area contributed by atoms with Crippen LogP contribution in [0.2, 0.25) is 10.0 Å². The number of hydrogen-bond acceptors (Lipinski definition) is 3. The summed E-state index contributed by atoms with van der Waals surface area (Å²) in [6.45, 7) is 1.51. The lowest BCUT2D eigenvalue weighted by Gasteiger charge is -2.09. The minimum absolute atomic E-state index is 0.418. The molecule has 112 valence electrons. The van der Waals surface area contributed by atoms with Crippen molar-refractivity contribution in [1.29, 1.82) is 0 Å². The number of hydrogen-bond donors (Lipinski definition) is 1. The van der Waals surface area contributed by atoms with Crippen molar-refractivity contribution in [1.82, 2.24) is 0 Å². The summed E-state index contributed by atoms with van der Waals surface area (Å²) in [4.78, 5) is 0. The van der Waals surface area contributed by atoms with Crippen LogP contribution in [-0.4, -0.2) is 19.8 Å². The van der Waals surface area contributed by atoms with E-state index in [-0.39, 0.29) is 0 Å². The van der Waals surface area contributed by atoms with Crippen LogP contribution in [0.15, 0.2) is 42.5 Å². The van der Waals surface area contributed by atoms with E-state index in [1.807, 2.05) is 24.3 Å². The van der Waals surface area contributed by atoms with Crippen molar-refractivity contribution in [2.75, 3.05) is 19.8 Å². The summed E-state index contributed by atoms with van der Waals surface area (Å²) in [5, 5.41) is 1.10. The first-order chi connectivity index (χ1) is 10.2. The van der Waals surface area contributed by atoms with Crippen molar-refractivity contribution in [2.45, 2.75) is 6.42 Å². The summed E-state index contributed by atoms with van der Waals surface area (Å²) >= 11 is 11.8. The lowest BCUT2D eigenvalue weighted by atomic mass is 10.1. The van der Waals surface area contributed by atoms with E-state index in [0.717, 1.165) is 12.2 Å². The molecule has 0 aliphatic heterocycles. The van der Waals surface area contributed by atoms with Crippen LogP contribution < -0.4 is 15.2 Å². The third-order valence-electron chi connectivity index (χ3n) is 2.81. The van der Waals surface area contributed by atoms with Gasteiger partial charge >= 0.3 is 0 Å². The molecule has 0 spiro atoms. The smallest absolute Gasteiger partial charge is 0.122 e. The molecule has 2 N–H and O–H groups in total. The highest BCUT2D eigenvalue weighted by atomic mass is 35.5. The predicted molar refractivity (Wildman–Crippen MR) is 86.7 cm³/mol. The second kappa shape index (κ2) is 8.13. The van der Waals surface area contributed by atoms with E-state index in [0.29, 0.717) is 35.6 Å². The maximum Gasteiger partial charge on any atom is 0.122 e. The second-order valence-corrected chi connectivity index (χ2v) is 5.36. The van der Waals surface area contributed by atoms with Crippen LogP contribution in [0.4, 0.5) is 0 Å². The Morgan fingerprint density at radius 3 is 1.95 bits per heavy atom. The fourth-order valence-electron chi connectivity index (χ4n) is 1.85. The Hall–Kier alpha value is -1.42. The minimum atomic E-state index is 0.418. The zero-order chi connectivity index (χ0) is 15.1. The highest BCUT2D eigenvalue weighted by molar-refractivity contribution is 6.34. The fraction of sp³-hybridized carbons (Fsp3) is 0.250. The highest BCUT2D eigenvalue weighted by Crippen LogP contribution is 2.24. The number of rotatable bonds is 7. The lowest BCUT2D eigenvalue weighted by Crippen LogP contribution is -2.09. The van der Waals surface area contributed by atoms with Gasteiger partial charge in [-0.3, -0.25) is 0 Å². The SMILES string of the molecule is NCCc1ccc(OCCOc2cc(Cl)cc(Cl)c2)cc1. The van der Waals surface area contributed by atoms with Gasteiger partial charge in [-0.1, -0.05) is 35.3 Å². The third kappa shape index (κ3) is 5.46. The molecule has 3 nitrogen and oxygen atoms in total. The molecule has 0 bridgehead atoms. The Bertz CT molecular complexity index is 553. The number of halogens is 2. The van der Waals surface area contributed by atoms with Gasteiger partial charge in [0.15, 0.2) is 0 Å². The van der Waals surface area contributed by atoms with Crippen molar-refractivity contribution >= 4 is 23.2 Å². The third-order valence-corrected chi connectivity index (χ3v) is 3.25. The summed E-state index contributed by atoms with van der Waals surface area (Å²) in [6.07, 6.45) is 0.874. The van der Waals surface area contributed by atoms with Gasteiger partial charge in [0.25, 0.3) is 0 Å².